The van der Waals surface area contributed by atoms with E-state index in [0.717, 1.165) is 22.5 Å². The highest BCUT2D eigenvalue weighted by molar-refractivity contribution is 9.10. The molecule has 10 heteroatoms. The summed E-state index contributed by atoms with van der Waals surface area (Å²) >= 11 is 3.21. The molecule has 0 bridgehead atoms. The molecule has 1 aliphatic rings. The van der Waals surface area contributed by atoms with Gasteiger partial charge in [0.25, 0.3) is 0 Å². The largest absolute Gasteiger partial charge is 0.459 e. The maximum absolute atomic E-state index is 13.9. The van der Waals surface area contributed by atoms with Crippen molar-refractivity contribution in [3.05, 3.63) is 46.7 Å². The van der Waals surface area contributed by atoms with Crippen molar-refractivity contribution >= 4 is 26.0 Å². The Morgan fingerprint density at radius 1 is 1.20 bits per heavy atom. The normalized spacial score (nSPS) is 18.9. The molecule has 1 aromatic heterocycles. The van der Waals surface area contributed by atoms with Crippen LogP contribution in [0.3, 0.4) is 0 Å². The number of benzene rings is 1. The number of ether oxygens (including phenoxy) is 1. The van der Waals surface area contributed by atoms with Crippen molar-refractivity contribution in [3.63, 3.8) is 0 Å². The first-order valence-corrected chi connectivity index (χ1v) is 9.69. The van der Waals surface area contributed by atoms with Crippen molar-refractivity contribution < 1.29 is 21.9 Å². The summed E-state index contributed by atoms with van der Waals surface area (Å²) in [5.74, 6) is -2.22. The van der Waals surface area contributed by atoms with Crippen molar-refractivity contribution in [1.82, 2.24) is 14.3 Å². The molecule has 2 heterocycles. The molecule has 0 saturated carbocycles. The zero-order valence-electron chi connectivity index (χ0n) is 12.9. The van der Waals surface area contributed by atoms with E-state index in [4.69, 9.17) is 4.74 Å². The van der Waals surface area contributed by atoms with Gasteiger partial charge in [-0.3, -0.25) is 0 Å². The third-order valence-electron chi connectivity index (χ3n) is 3.73. The van der Waals surface area contributed by atoms with Gasteiger partial charge in [0.2, 0.25) is 10.0 Å². The number of halogens is 3. The predicted octanol–water partition coefficient (Wildman–Crippen LogP) is 2.75. The average molecular weight is 434 g/mol. The Balaban J connectivity index is 1.79. The van der Waals surface area contributed by atoms with Crippen molar-refractivity contribution in [2.24, 2.45) is 0 Å². The van der Waals surface area contributed by atoms with Crippen LogP contribution in [0.25, 0.3) is 0 Å². The van der Waals surface area contributed by atoms with Crippen LogP contribution in [0.4, 0.5) is 8.78 Å². The van der Waals surface area contributed by atoms with Gasteiger partial charge in [-0.05, 0) is 40.9 Å². The van der Waals surface area contributed by atoms with E-state index in [1.165, 1.54) is 12.4 Å². The van der Waals surface area contributed by atoms with E-state index in [1.807, 2.05) is 0 Å². The number of aromatic nitrogens is 2. The predicted molar refractivity (Wildman–Crippen MR) is 88.5 cm³/mol. The first kappa shape index (κ1) is 18.2. The smallest absolute Gasteiger partial charge is 0.316 e. The molecule has 0 spiro atoms. The summed E-state index contributed by atoms with van der Waals surface area (Å²) in [5, 5.41) is 0. The van der Waals surface area contributed by atoms with Crippen LogP contribution in [0.2, 0.25) is 0 Å². The van der Waals surface area contributed by atoms with Crippen LogP contribution < -0.4 is 4.74 Å². The Hall–Kier alpha value is -1.65. The summed E-state index contributed by atoms with van der Waals surface area (Å²) in [6.07, 6.45) is 3.60. The number of nitrogens with zero attached hydrogens (tertiary/aromatic N) is 3. The number of rotatable bonds is 4. The minimum atomic E-state index is -4.30. The molecule has 0 aliphatic carbocycles. The van der Waals surface area contributed by atoms with Crippen LogP contribution in [-0.4, -0.2) is 41.9 Å². The fourth-order valence-electron chi connectivity index (χ4n) is 2.59. The Labute approximate surface area is 152 Å². The van der Waals surface area contributed by atoms with E-state index in [0.29, 0.717) is 17.3 Å². The summed E-state index contributed by atoms with van der Waals surface area (Å²) in [5.41, 5.74) is 0. The molecule has 1 saturated heterocycles. The molecule has 0 N–H and O–H groups in total. The fourth-order valence-corrected chi connectivity index (χ4v) is 4.41. The lowest BCUT2D eigenvalue weighted by Crippen LogP contribution is -2.44. The Morgan fingerprint density at radius 2 is 1.84 bits per heavy atom. The summed E-state index contributed by atoms with van der Waals surface area (Å²) in [6.45, 7) is 0.132. The van der Waals surface area contributed by atoms with Crippen molar-refractivity contribution in [2.45, 2.75) is 23.8 Å². The molecule has 134 valence electrons. The third kappa shape index (κ3) is 3.96. The van der Waals surface area contributed by atoms with Gasteiger partial charge in [0, 0.05) is 18.9 Å². The molecule has 2 aromatic rings. The highest BCUT2D eigenvalue weighted by atomic mass is 79.9. The fraction of sp³-hybridized carbons (Fsp3) is 0.333. The summed E-state index contributed by atoms with van der Waals surface area (Å²) < 4.78 is 60.3. The molecule has 1 fully saturated rings. The molecule has 1 unspecified atom stereocenters. The topological polar surface area (TPSA) is 72.4 Å². The molecular formula is C15H14BrF2N3O3S. The monoisotopic (exact) mass is 433 g/mol. The van der Waals surface area contributed by atoms with Gasteiger partial charge < -0.3 is 4.74 Å². The van der Waals surface area contributed by atoms with Gasteiger partial charge in [0.15, 0.2) is 4.90 Å². The standard InChI is InChI=1S/C15H14BrF2N3O3S/c16-10-7-19-15(20-8-10)24-11-3-2-6-21(9-11)25(22,23)14-12(17)4-1-5-13(14)18/h1,4-5,7-8,11H,2-3,6,9H2. The van der Waals surface area contributed by atoms with Gasteiger partial charge in [-0.15, -0.1) is 0 Å². The number of sulfonamides is 1. The quantitative estimate of drug-likeness (QED) is 0.740. The first-order chi connectivity index (χ1) is 11.9. The molecule has 1 aromatic carbocycles. The second-order valence-electron chi connectivity index (χ2n) is 5.48. The Bertz CT molecular complexity index is 845. The molecule has 6 nitrogen and oxygen atoms in total. The van der Waals surface area contributed by atoms with E-state index < -0.39 is 32.7 Å². The molecule has 1 atom stereocenters. The molecule has 3 rings (SSSR count). The average Bonchev–Trinajstić information content (AvgIpc) is 2.57. The highest BCUT2D eigenvalue weighted by Gasteiger charge is 2.35. The van der Waals surface area contributed by atoms with Crippen LogP contribution in [0.1, 0.15) is 12.8 Å². The zero-order chi connectivity index (χ0) is 18.0. The lowest BCUT2D eigenvalue weighted by molar-refractivity contribution is 0.119. The maximum atomic E-state index is 13.9. The van der Waals surface area contributed by atoms with Gasteiger partial charge in [-0.2, -0.15) is 4.31 Å². The van der Waals surface area contributed by atoms with Gasteiger partial charge in [0.05, 0.1) is 11.0 Å². The molecule has 0 radical (unpaired) electrons. The van der Waals surface area contributed by atoms with E-state index in [9.17, 15) is 17.2 Å². The maximum Gasteiger partial charge on any atom is 0.316 e. The van der Waals surface area contributed by atoms with Gasteiger partial charge in [-0.1, -0.05) is 6.07 Å². The van der Waals surface area contributed by atoms with E-state index in [-0.39, 0.29) is 19.1 Å². The minimum absolute atomic E-state index is 0.0322. The minimum Gasteiger partial charge on any atom is -0.459 e. The van der Waals surface area contributed by atoms with Gasteiger partial charge >= 0.3 is 6.01 Å². The summed E-state index contributed by atoms with van der Waals surface area (Å²) in [4.78, 5) is 7.02. The summed E-state index contributed by atoms with van der Waals surface area (Å²) in [7, 11) is -4.30. The Morgan fingerprint density at radius 3 is 2.48 bits per heavy atom. The van der Waals surface area contributed by atoms with Crippen LogP contribution >= 0.6 is 15.9 Å². The molecule has 1 aliphatic heterocycles. The number of hydrogen-bond acceptors (Lipinski definition) is 5. The Kier molecular flexibility index (Phi) is 5.30. The number of hydrogen-bond donors (Lipinski definition) is 0. The zero-order valence-corrected chi connectivity index (χ0v) is 15.3. The number of piperidine rings is 1. The van der Waals surface area contributed by atoms with Crippen LogP contribution in [0.15, 0.2) is 40.0 Å². The SMILES string of the molecule is O=S(=O)(c1c(F)cccc1F)N1CCCC(Oc2ncc(Br)cn2)C1. The van der Waals surface area contributed by atoms with Gasteiger partial charge in [-0.25, -0.2) is 27.2 Å². The van der Waals surface area contributed by atoms with Crippen LogP contribution in [0, 0.1) is 11.6 Å². The van der Waals surface area contributed by atoms with Crippen molar-refractivity contribution in [2.75, 3.05) is 13.1 Å². The molecule has 25 heavy (non-hydrogen) atoms. The first-order valence-electron chi connectivity index (χ1n) is 7.46. The second-order valence-corrected chi connectivity index (χ2v) is 8.27. The van der Waals surface area contributed by atoms with E-state index >= 15 is 0 Å². The summed E-state index contributed by atoms with van der Waals surface area (Å²) in [6, 6.07) is 3.08. The molecule has 0 amide bonds. The van der Waals surface area contributed by atoms with E-state index in [2.05, 4.69) is 25.9 Å². The second kappa shape index (κ2) is 7.30. The lowest BCUT2D eigenvalue weighted by Gasteiger charge is -2.31. The molecular weight excluding hydrogens is 420 g/mol. The van der Waals surface area contributed by atoms with E-state index in [1.54, 1.807) is 0 Å². The van der Waals surface area contributed by atoms with Crippen LogP contribution in [-0.2, 0) is 10.0 Å². The van der Waals surface area contributed by atoms with Crippen molar-refractivity contribution in [1.29, 1.82) is 0 Å². The van der Waals surface area contributed by atoms with Gasteiger partial charge in [0.1, 0.15) is 17.7 Å². The van der Waals surface area contributed by atoms with Crippen LogP contribution in [0.5, 0.6) is 6.01 Å². The highest BCUT2D eigenvalue weighted by Crippen LogP contribution is 2.26. The lowest BCUT2D eigenvalue weighted by atomic mass is 10.1. The third-order valence-corrected chi connectivity index (χ3v) is 6.05. The van der Waals surface area contributed by atoms with Crippen molar-refractivity contribution in [3.8, 4) is 6.01 Å².